The van der Waals surface area contributed by atoms with Crippen molar-refractivity contribution in [3.8, 4) is 17.2 Å². The average molecular weight is 463 g/mol. The van der Waals surface area contributed by atoms with Crippen LogP contribution < -0.4 is 19.5 Å². The molecule has 0 bridgehead atoms. The lowest BCUT2D eigenvalue weighted by Crippen LogP contribution is -2.30. The second-order valence-corrected chi connectivity index (χ2v) is 8.67. The van der Waals surface area contributed by atoms with Gasteiger partial charge in [-0.3, -0.25) is 4.79 Å². The van der Waals surface area contributed by atoms with Gasteiger partial charge in [-0.2, -0.15) is 4.31 Å². The highest BCUT2D eigenvalue weighted by molar-refractivity contribution is 7.89. The summed E-state index contributed by atoms with van der Waals surface area (Å²) in [6.07, 6.45) is 3.01. The van der Waals surface area contributed by atoms with Crippen molar-refractivity contribution in [1.82, 2.24) is 9.62 Å². The maximum Gasteiger partial charge on any atom is 0.244 e. The summed E-state index contributed by atoms with van der Waals surface area (Å²) in [6, 6.07) is 9.86. The van der Waals surface area contributed by atoms with E-state index in [0.29, 0.717) is 35.9 Å². The van der Waals surface area contributed by atoms with Gasteiger partial charge >= 0.3 is 0 Å². The zero-order chi connectivity index (χ0) is 23.7. The van der Waals surface area contributed by atoms with Gasteiger partial charge in [0.05, 0.1) is 26.2 Å². The Hall–Kier alpha value is -3.04. The van der Waals surface area contributed by atoms with Crippen molar-refractivity contribution in [1.29, 1.82) is 0 Å². The highest BCUT2D eigenvalue weighted by Gasteiger charge is 2.21. The number of methoxy groups -OCH3 is 3. The van der Waals surface area contributed by atoms with E-state index in [-0.39, 0.29) is 17.3 Å². The summed E-state index contributed by atoms with van der Waals surface area (Å²) in [6.45, 7) is 4.65. The molecule has 0 aromatic heterocycles. The van der Waals surface area contributed by atoms with Crippen molar-refractivity contribution in [2.75, 3.05) is 34.4 Å². The molecular formula is C23H30N2O6S. The molecule has 1 N–H and O–H groups in total. The minimum Gasteiger partial charge on any atom is -0.496 e. The summed E-state index contributed by atoms with van der Waals surface area (Å²) < 4.78 is 42.4. The molecule has 0 unspecified atom stereocenters. The molecule has 0 fully saturated rings. The maximum absolute atomic E-state index is 12.5. The van der Waals surface area contributed by atoms with Crippen LogP contribution in [-0.2, 0) is 21.4 Å². The van der Waals surface area contributed by atoms with E-state index < -0.39 is 10.0 Å². The Morgan fingerprint density at radius 2 is 1.50 bits per heavy atom. The quantitative estimate of drug-likeness (QED) is 0.516. The molecule has 0 atom stereocenters. The molecule has 1 amide bonds. The van der Waals surface area contributed by atoms with Gasteiger partial charge < -0.3 is 19.5 Å². The summed E-state index contributed by atoms with van der Waals surface area (Å²) in [5, 5.41) is 2.79. The summed E-state index contributed by atoms with van der Waals surface area (Å²) in [5.74, 6) is 1.33. The van der Waals surface area contributed by atoms with Crippen molar-refractivity contribution >= 4 is 22.0 Å². The number of amides is 1. The van der Waals surface area contributed by atoms with Crippen LogP contribution in [0.25, 0.3) is 6.08 Å². The standard InChI is InChI=1S/C23H30N2O6S/c1-6-25(7-2)32(27,28)19-11-8-17(9-12-19)10-13-23(26)24-16-18-14-21(30-4)22(31-5)15-20(18)29-3/h8-15H,6-7,16H2,1-5H3,(H,24,26)/b13-10+. The van der Waals surface area contributed by atoms with Crippen LogP contribution in [0.15, 0.2) is 47.4 Å². The van der Waals surface area contributed by atoms with Crippen LogP contribution >= 0.6 is 0 Å². The monoisotopic (exact) mass is 462 g/mol. The van der Waals surface area contributed by atoms with Crippen molar-refractivity contribution in [2.24, 2.45) is 0 Å². The molecule has 0 aliphatic rings. The van der Waals surface area contributed by atoms with Crippen LogP contribution in [0.3, 0.4) is 0 Å². The molecule has 0 heterocycles. The third-order valence-corrected chi connectivity index (χ3v) is 6.95. The third-order valence-electron chi connectivity index (χ3n) is 4.89. The third kappa shape index (κ3) is 6.02. The molecule has 174 valence electrons. The van der Waals surface area contributed by atoms with Gasteiger partial charge in [-0.1, -0.05) is 26.0 Å². The molecule has 0 spiro atoms. The molecule has 0 aliphatic carbocycles. The van der Waals surface area contributed by atoms with Crippen LogP contribution in [0.2, 0.25) is 0 Å². The summed E-state index contributed by atoms with van der Waals surface area (Å²) in [5.41, 5.74) is 1.44. The number of carbonyl (C=O) groups excluding carboxylic acids is 1. The minimum atomic E-state index is -3.51. The molecule has 9 heteroatoms. The molecule has 2 rings (SSSR count). The SMILES string of the molecule is CCN(CC)S(=O)(=O)c1ccc(/C=C/C(=O)NCc2cc(OC)c(OC)cc2OC)cc1. The topological polar surface area (TPSA) is 94.2 Å². The minimum absolute atomic E-state index is 0.225. The first kappa shape index (κ1) is 25.2. The van der Waals surface area contributed by atoms with Crippen molar-refractivity contribution in [3.05, 3.63) is 53.6 Å². The van der Waals surface area contributed by atoms with Gasteiger partial charge in [0.15, 0.2) is 11.5 Å². The molecule has 2 aromatic carbocycles. The van der Waals surface area contributed by atoms with Crippen LogP contribution in [0.5, 0.6) is 17.2 Å². The van der Waals surface area contributed by atoms with Gasteiger partial charge in [0, 0.05) is 37.3 Å². The van der Waals surface area contributed by atoms with Crippen LogP contribution in [0, 0.1) is 0 Å². The number of hydrogen-bond acceptors (Lipinski definition) is 6. The highest BCUT2D eigenvalue weighted by atomic mass is 32.2. The number of ether oxygens (including phenoxy) is 3. The summed E-state index contributed by atoms with van der Waals surface area (Å²) in [7, 11) is 1.10. The first-order valence-corrected chi connectivity index (χ1v) is 11.6. The normalized spacial score (nSPS) is 11.6. The number of benzene rings is 2. The number of nitrogens with zero attached hydrogens (tertiary/aromatic N) is 1. The Kier molecular flexibility index (Phi) is 9.10. The molecular weight excluding hydrogens is 432 g/mol. The lowest BCUT2D eigenvalue weighted by Gasteiger charge is -2.18. The van der Waals surface area contributed by atoms with E-state index in [1.807, 2.05) is 0 Å². The number of sulfonamides is 1. The Morgan fingerprint density at radius 1 is 0.938 bits per heavy atom. The number of rotatable bonds is 11. The Labute approximate surface area is 189 Å². The average Bonchev–Trinajstić information content (AvgIpc) is 2.81. The van der Waals surface area contributed by atoms with Gasteiger partial charge in [-0.05, 0) is 29.8 Å². The fraction of sp³-hybridized carbons (Fsp3) is 0.348. The maximum atomic E-state index is 12.5. The lowest BCUT2D eigenvalue weighted by molar-refractivity contribution is -0.116. The highest BCUT2D eigenvalue weighted by Crippen LogP contribution is 2.34. The Bertz CT molecular complexity index is 1040. The molecule has 32 heavy (non-hydrogen) atoms. The summed E-state index contributed by atoms with van der Waals surface area (Å²) >= 11 is 0. The van der Waals surface area contributed by atoms with Crippen molar-refractivity contribution in [2.45, 2.75) is 25.3 Å². The zero-order valence-corrected chi connectivity index (χ0v) is 19.9. The van der Waals surface area contributed by atoms with Gasteiger partial charge in [0.2, 0.25) is 15.9 Å². The number of hydrogen-bond donors (Lipinski definition) is 1. The van der Waals surface area contributed by atoms with Gasteiger partial charge in [-0.25, -0.2) is 8.42 Å². The Balaban J connectivity index is 2.06. The van der Waals surface area contributed by atoms with Gasteiger partial charge in [-0.15, -0.1) is 0 Å². The van der Waals surface area contributed by atoms with E-state index in [4.69, 9.17) is 14.2 Å². The fourth-order valence-electron chi connectivity index (χ4n) is 3.11. The van der Waals surface area contributed by atoms with Crippen molar-refractivity contribution < 1.29 is 27.4 Å². The summed E-state index contributed by atoms with van der Waals surface area (Å²) in [4.78, 5) is 12.5. The second kappa shape index (κ2) is 11.5. The van der Waals surface area contributed by atoms with E-state index in [2.05, 4.69) is 5.32 Å². The van der Waals surface area contributed by atoms with E-state index in [9.17, 15) is 13.2 Å². The number of nitrogens with one attached hydrogen (secondary N) is 1. The largest absolute Gasteiger partial charge is 0.496 e. The first-order valence-electron chi connectivity index (χ1n) is 10.2. The molecule has 2 aromatic rings. The number of carbonyl (C=O) groups is 1. The Morgan fingerprint density at radius 3 is 2.03 bits per heavy atom. The molecule has 0 radical (unpaired) electrons. The van der Waals surface area contributed by atoms with Gasteiger partial charge in [0.1, 0.15) is 5.75 Å². The first-order chi connectivity index (χ1) is 15.3. The van der Waals surface area contributed by atoms with Crippen molar-refractivity contribution in [3.63, 3.8) is 0 Å². The van der Waals surface area contributed by atoms with Gasteiger partial charge in [0.25, 0.3) is 0 Å². The molecule has 0 saturated heterocycles. The predicted molar refractivity (Wildman–Crippen MR) is 124 cm³/mol. The second-order valence-electron chi connectivity index (χ2n) is 6.73. The van der Waals surface area contributed by atoms with E-state index in [1.54, 1.807) is 56.3 Å². The predicted octanol–water partition coefficient (Wildman–Crippen LogP) is 3.07. The molecule has 8 nitrogen and oxygen atoms in total. The molecule has 0 aliphatic heterocycles. The van der Waals surface area contributed by atoms with Crippen LogP contribution in [-0.4, -0.2) is 53.0 Å². The zero-order valence-electron chi connectivity index (χ0n) is 19.0. The smallest absolute Gasteiger partial charge is 0.244 e. The lowest BCUT2D eigenvalue weighted by atomic mass is 10.1. The van der Waals surface area contributed by atoms with E-state index in [0.717, 1.165) is 5.56 Å². The fourth-order valence-corrected chi connectivity index (χ4v) is 4.57. The van der Waals surface area contributed by atoms with Crippen LogP contribution in [0.4, 0.5) is 0 Å². The van der Waals surface area contributed by atoms with E-state index >= 15 is 0 Å². The van der Waals surface area contributed by atoms with Crippen LogP contribution in [0.1, 0.15) is 25.0 Å². The molecule has 0 saturated carbocycles. The van der Waals surface area contributed by atoms with E-state index in [1.165, 1.54) is 31.7 Å².